The summed E-state index contributed by atoms with van der Waals surface area (Å²) in [4.78, 5) is 35.5. The van der Waals surface area contributed by atoms with Crippen molar-refractivity contribution in [3.63, 3.8) is 0 Å². The molecule has 3 atom stereocenters. The highest BCUT2D eigenvalue weighted by Crippen LogP contribution is 2.35. The zero-order chi connectivity index (χ0) is 35.7. The lowest BCUT2D eigenvalue weighted by molar-refractivity contribution is -0.137. The molecule has 4 rings (SSSR count). The van der Waals surface area contributed by atoms with E-state index < -0.39 is 29.8 Å². The Morgan fingerprint density at radius 1 is 1.16 bits per heavy atom. The van der Waals surface area contributed by atoms with Crippen molar-refractivity contribution in [2.75, 3.05) is 27.2 Å². The molecule has 0 bridgehead atoms. The van der Waals surface area contributed by atoms with Gasteiger partial charge in [-0.3, -0.25) is 9.59 Å². The number of nitrogens with one attached hydrogen (secondary N) is 2. The van der Waals surface area contributed by atoms with E-state index >= 15 is 0 Å². The van der Waals surface area contributed by atoms with Gasteiger partial charge >= 0.3 is 6.18 Å². The summed E-state index contributed by atoms with van der Waals surface area (Å²) in [6.07, 6.45) is -0.849. The Balaban J connectivity index is 1.51. The molecular weight excluding hydrogens is 653 g/mol. The molecule has 1 aliphatic heterocycles. The van der Waals surface area contributed by atoms with E-state index in [1.54, 1.807) is 30.0 Å². The van der Waals surface area contributed by atoms with Crippen molar-refractivity contribution >= 4 is 23.2 Å². The van der Waals surface area contributed by atoms with Gasteiger partial charge in [0.2, 0.25) is 0 Å². The van der Waals surface area contributed by atoms with E-state index in [2.05, 4.69) is 22.2 Å². The summed E-state index contributed by atoms with van der Waals surface area (Å²) in [6, 6.07) is 13.2. The largest absolute Gasteiger partial charge is 0.416 e. The number of nitrogens with two attached hydrogens (primary N) is 1. The first-order chi connectivity index (χ1) is 23.2. The Morgan fingerprint density at radius 3 is 2.53 bits per heavy atom. The first-order valence-corrected chi connectivity index (χ1v) is 16.8. The number of carbonyl (C=O) groups is 2. The number of aryl methyl sites for hydroxylation is 1. The fourth-order valence-corrected chi connectivity index (χ4v) is 6.38. The highest BCUT2D eigenvalue weighted by atomic mass is 32.1. The molecule has 1 aliphatic rings. The second-order valence-electron chi connectivity index (χ2n) is 12.2. The summed E-state index contributed by atoms with van der Waals surface area (Å²) in [5.41, 5.74) is 7.75. The lowest BCUT2D eigenvalue weighted by Gasteiger charge is -2.26. The zero-order valence-corrected chi connectivity index (χ0v) is 28.7. The van der Waals surface area contributed by atoms with Gasteiger partial charge in [-0.1, -0.05) is 55.1 Å². The van der Waals surface area contributed by atoms with Crippen molar-refractivity contribution in [1.29, 1.82) is 0 Å². The monoisotopic (exact) mass is 696 g/mol. The number of benzene rings is 2. The highest BCUT2D eigenvalue weighted by Gasteiger charge is 2.34. The molecule has 13 heteroatoms. The van der Waals surface area contributed by atoms with Crippen LogP contribution in [0.15, 0.2) is 95.7 Å². The molecule has 0 saturated carbocycles. The molecule has 0 spiro atoms. The molecule has 2 aromatic carbocycles. The van der Waals surface area contributed by atoms with Crippen LogP contribution in [0.25, 0.3) is 0 Å². The van der Waals surface area contributed by atoms with Crippen molar-refractivity contribution in [1.82, 2.24) is 25.4 Å². The van der Waals surface area contributed by atoms with Crippen molar-refractivity contribution in [3.8, 4) is 0 Å². The van der Waals surface area contributed by atoms with Gasteiger partial charge in [-0.15, -0.1) is 11.3 Å². The Hall–Kier alpha value is -4.46. The van der Waals surface area contributed by atoms with Crippen LogP contribution in [-0.2, 0) is 28.7 Å². The third-order valence-corrected chi connectivity index (χ3v) is 9.20. The van der Waals surface area contributed by atoms with Gasteiger partial charge in [-0.2, -0.15) is 13.2 Å². The minimum absolute atomic E-state index is 0.0191. The summed E-state index contributed by atoms with van der Waals surface area (Å²) in [5, 5.41) is 19.8. The second kappa shape index (κ2) is 16.8. The maximum absolute atomic E-state index is 14.0. The Labute approximate surface area is 289 Å². The SMILES string of the molecule is C=C(/C=C(\C=C(/N)N(C)C)C(=O)N1CCC[C@@H]1c1nc(C)cs1)C(=O)N[C@@H](Cc1ccccc1)[C@H](O)CNCc1cccc(C(F)(F)F)c1. The van der Waals surface area contributed by atoms with Crippen LogP contribution in [0.1, 0.15) is 46.3 Å². The van der Waals surface area contributed by atoms with E-state index in [0.717, 1.165) is 41.2 Å². The van der Waals surface area contributed by atoms with Crippen LogP contribution in [0, 0.1) is 6.92 Å². The molecule has 2 amide bonds. The summed E-state index contributed by atoms with van der Waals surface area (Å²) >= 11 is 1.50. The number of halogens is 3. The third kappa shape index (κ3) is 10.5. The van der Waals surface area contributed by atoms with E-state index in [1.807, 2.05) is 42.6 Å². The van der Waals surface area contributed by atoms with Gasteiger partial charge in [0.1, 0.15) is 5.01 Å². The zero-order valence-electron chi connectivity index (χ0n) is 27.8. The van der Waals surface area contributed by atoms with Crippen LogP contribution in [0.4, 0.5) is 13.2 Å². The van der Waals surface area contributed by atoms with Crippen LogP contribution in [0.3, 0.4) is 0 Å². The maximum atomic E-state index is 14.0. The molecule has 49 heavy (non-hydrogen) atoms. The number of aliphatic hydroxyl groups excluding tert-OH is 1. The van der Waals surface area contributed by atoms with Crippen molar-refractivity contribution in [3.05, 3.63) is 123 Å². The minimum Gasteiger partial charge on any atom is -0.390 e. The van der Waals surface area contributed by atoms with E-state index in [9.17, 15) is 27.9 Å². The van der Waals surface area contributed by atoms with Gasteiger partial charge in [0.25, 0.3) is 11.8 Å². The molecule has 262 valence electrons. The molecule has 9 nitrogen and oxygen atoms in total. The number of hydrogen-bond acceptors (Lipinski definition) is 8. The molecule has 1 fully saturated rings. The number of nitrogens with zero attached hydrogens (tertiary/aromatic N) is 3. The lowest BCUT2D eigenvalue weighted by Crippen LogP contribution is -2.49. The quantitative estimate of drug-likeness (QED) is 0.140. The fourth-order valence-electron chi connectivity index (χ4n) is 5.44. The summed E-state index contributed by atoms with van der Waals surface area (Å²) < 4.78 is 39.5. The number of likely N-dealkylation sites (tertiary alicyclic amines) is 1. The lowest BCUT2D eigenvalue weighted by atomic mass is 10.00. The van der Waals surface area contributed by atoms with Gasteiger partial charge in [0.15, 0.2) is 0 Å². The summed E-state index contributed by atoms with van der Waals surface area (Å²) in [6.45, 7) is 6.43. The number of alkyl halides is 3. The average Bonchev–Trinajstić information content (AvgIpc) is 3.73. The van der Waals surface area contributed by atoms with Gasteiger partial charge in [-0.05, 0) is 55.5 Å². The average molecular weight is 697 g/mol. The predicted octanol–water partition coefficient (Wildman–Crippen LogP) is 4.86. The van der Waals surface area contributed by atoms with E-state index in [0.29, 0.717) is 17.9 Å². The predicted molar refractivity (Wildman–Crippen MR) is 185 cm³/mol. The van der Waals surface area contributed by atoms with Gasteiger partial charge in [-0.25, -0.2) is 4.98 Å². The smallest absolute Gasteiger partial charge is 0.390 e. The number of carbonyl (C=O) groups excluding carboxylic acids is 2. The van der Waals surface area contributed by atoms with E-state index in [4.69, 9.17) is 5.73 Å². The minimum atomic E-state index is -4.47. The van der Waals surface area contributed by atoms with Crippen molar-refractivity contribution in [2.45, 2.75) is 57.1 Å². The Kier molecular flexibility index (Phi) is 12.8. The Morgan fingerprint density at radius 2 is 1.88 bits per heavy atom. The van der Waals surface area contributed by atoms with E-state index in [1.165, 1.54) is 29.6 Å². The summed E-state index contributed by atoms with van der Waals surface area (Å²) in [5.74, 6) is -0.611. The molecule has 0 aliphatic carbocycles. The standard InChI is InChI=1S/C36H43F3N6O3S/c1-23(16-27(19-32(40)44(3)4)35(48)45-15-9-14-30(45)34-42-24(2)22-49-34)33(47)43-29(18-25-10-6-5-7-11-25)31(46)21-41-20-26-12-8-13-28(17-26)36(37,38)39/h5-8,10-13,16-17,19,22,29-31,41,46H,1,9,14-15,18,20-21,40H2,2-4H3,(H,43,47)/b27-16+,32-19+/t29-,30+,31+/m0/s1. The number of aromatic nitrogens is 1. The van der Waals surface area contributed by atoms with Crippen LogP contribution in [0.5, 0.6) is 0 Å². The number of thiazole rings is 1. The van der Waals surface area contributed by atoms with Crippen LogP contribution >= 0.6 is 11.3 Å². The van der Waals surface area contributed by atoms with Crippen LogP contribution in [0.2, 0.25) is 0 Å². The number of amides is 2. The second-order valence-corrected chi connectivity index (χ2v) is 13.1. The molecule has 1 aromatic heterocycles. The van der Waals surface area contributed by atoms with Crippen molar-refractivity contribution < 1.29 is 27.9 Å². The maximum Gasteiger partial charge on any atom is 0.416 e. The number of rotatable bonds is 14. The molecule has 2 heterocycles. The molecule has 5 N–H and O–H groups in total. The third-order valence-electron chi connectivity index (χ3n) is 8.14. The molecule has 0 radical (unpaired) electrons. The van der Waals surface area contributed by atoms with Crippen LogP contribution < -0.4 is 16.4 Å². The molecule has 0 unspecified atom stereocenters. The molecular formula is C36H43F3N6O3S. The Bertz CT molecular complexity index is 1670. The van der Waals surface area contributed by atoms with Gasteiger partial charge < -0.3 is 31.3 Å². The first-order valence-electron chi connectivity index (χ1n) is 15.9. The van der Waals surface area contributed by atoms with Crippen molar-refractivity contribution in [2.24, 2.45) is 5.73 Å². The summed E-state index contributed by atoms with van der Waals surface area (Å²) in [7, 11) is 3.48. The number of hydrogen-bond donors (Lipinski definition) is 4. The van der Waals surface area contributed by atoms with Gasteiger partial charge in [0, 0.05) is 55.9 Å². The van der Waals surface area contributed by atoms with Gasteiger partial charge in [0.05, 0.1) is 29.6 Å². The highest BCUT2D eigenvalue weighted by molar-refractivity contribution is 7.09. The molecule has 1 saturated heterocycles. The number of aliphatic hydroxyl groups is 1. The van der Waals surface area contributed by atoms with E-state index in [-0.39, 0.29) is 42.6 Å². The molecule has 3 aromatic rings. The normalized spacial score (nSPS) is 16.7. The van der Waals surface area contributed by atoms with Crippen LogP contribution in [-0.4, -0.2) is 71.0 Å². The topological polar surface area (TPSA) is 124 Å². The first kappa shape index (κ1) is 37.4. The fraction of sp³-hybridized carbons (Fsp3) is 0.361.